The van der Waals surface area contributed by atoms with Gasteiger partial charge in [-0.2, -0.15) is 0 Å². The van der Waals surface area contributed by atoms with E-state index in [9.17, 15) is 9.90 Å². The molecule has 4 heteroatoms. The minimum absolute atomic E-state index is 0.207. The summed E-state index contributed by atoms with van der Waals surface area (Å²) in [5.41, 5.74) is 4.15. The predicted octanol–water partition coefficient (Wildman–Crippen LogP) is 6.92. The van der Waals surface area contributed by atoms with Gasteiger partial charge in [-0.25, -0.2) is 0 Å². The summed E-state index contributed by atoms with van der Waals surface area (Å²) in [6, 6.07) is 17.4. The molecule has 0 bridgehead atoms. The van der Waals surface area contributed by atoms with E-state index in [4.69, 9.17) is 4.74 Å². The van der Waals surface area contributed by atoms with Gasteiger partial charge in [-0.1, -0.05) is 37.1 Å². The van der Waals surface area contributed by atoms with Gasteiger partial charge in [-0.3, -0.25) is 4.79 Å². The number of anilines is 1. The molecule has 3 fully saturated rings. The molecule has 0 aliphatic heterocycles. The van der Waals surface area contributed by atoms with Crippen LogP contribution >= 0.6 is 0 Å². The van der Waals surface area contributed by atoms with Crippen LogP contribution in [0.5, 0.6) is 5.75 Å². The third-order valence-corrected chi connectivity index (χ3v) is 8.70. The van der Waals surface area contributed by atoms with E-state index >= 15 is 0 Å². The van der Waals surface area contributed by atoms with Gasteiger partial charge in [0.1, 0.15) is 5.75 Å². The third kappa shape index (κ3) is 4.90. The Morgan fingerprint density at radius 2 is 1.67 bits per heavy atom. The van der Waals surface area contributed by atoms with Crippen molar-refractivity contribution in [1.82, 2.24) is 0 Å². The highest BCUT2D eigenvalue weighted by Crippen LogP contribution is 2.49. The molecular weight excluding hydrogens is 410 g/mol. The molecule has 0 radical (unpaired) electrons. The Labute approximate surface area is 198 Å². The van der Waals surface area contributed by atoms with Gasteiger partial charge in [0.25, 0.3) is 0 Å². The van der Waals surface area contributed by atoms with Crippen LogP contribution in [0, 0.1) is 11.3 Å². The lowest BCUT2D eigenvalue weighted by atomic mass is 9.72. The summed E-state index contributed by atoms with van der Waals surface area (Å²) in [5, 5.41) is 9.32. The molecule has 2 aromatic rings. The number of benzene rings is 2. The van der Waals surface area contributed by atoms with E-state index in [0.29, 0.717) is 11.5 Å². The van der Waals surface area contributed by atoms with Gasteiger partial charge in [0.05, 0.1) is 12.0 Å². The smallest absolute Gasteiger partial charge is 0.306 e. The summed E-state index contributed by atoms with van der Waals surface area (Å²) in [4.78, 5) is 13.6. The van der Waals surface area contributed by atoms with Crippen molar-refractivity contribution >= 4 is 11.7 Å². The first-order valence-electron chi connectivity index (χ1n) is 12.8. The highest BCUT2D eigenvalue weighted by Gasteiger charge is 2.38. The average Bonchev–Trinajstić information content (AvgIpc) is 3.51. The second kappa shape index (κ2) is 9.40. The van der Waals surface area contributed by atoms with Gasteiger partial charge >= 0.3 is 5.97 Å². The largest absolute Gasteiger partial charge is 0.490 e. The van der Waals surface area contributed by atoms with Crippen molar-refractivity contribution in [1.29, 1.82) is 0 Å². The number of aliphatic carboxylic acids is 1. The minimum Gasteiger partial charge on any atom is -0.490 e. The van der Waals surface area contributed by atoms with E-state index in [2.05, 4.69) is 60.5 Å². The highest BCUT2D eigenvalue weighted by atomic mass is 16.5. The summed E-state index contributed by atoms with van der Waals surface area (Å²) in [5.74, 6) is 0.110. The minimum atomic E-state index is -0.659. The van der Waals surface area contributed by atoms with Crippen molar-refractivity contribution in [3.05, 3.63) is 48.5 Å². The standard InChI is InChI=1S/C29H37NO3/c1-30(25-10-7-23(20-25)28(31)32)24-6-4-5-22(19-24)21-8-11-26(12-9-21)33-27-13-17-29(18-14-27)15-2-3-16-29/h4-6,8-9,11-12,19,23,25,27H,2-3,7,10,13-18,20H2,1H3,(H,31,32). The van der Waals surface area contributed by atoms with Crippen molar-refractivity contribution in [2.24, 2.45) is 11.3 Å². The zero-order valence-electron chi connectivity index (χ0n) is 19.8. The Morgan fingerprint density at radius 3 is 2.33 bits per heavy atom. The average molecular weight is 448 g/mol. The van der Waals surface area contributed by atoms with Crippen LogP contribution in [0.4, 0.5) is 5.69 Å². The fraction of sp³-hybridized carbons (Fsp3) is 0.552. The molecule has 2 aromatic carbocycles. The van der Waals surface area contributed by atoms with Crippen molar-refractivity contribution in [3.8, 4) is 16.9 Å². The molecule has 2 unspecified atom stereocenters. The number of nitrogens with zero attached hydrogens (tertiary/aromatic N) is 1. The Kier molecular flexibility index (Phi) is 6.36. The van der Waals surface area contributed by atoms with Crippen LogP contribution in [-0.2, 0) is 4.79 Å². The van der Waals surface area contributed by atoms with Crippen LogP contribution < -0.4 is 9.64 Å². The zero-order chi connectivity index (χ0) is 22.8. The number of rotatable bonds is 6. The van der Waals surface area contributed by atoms with E-state index in [1.54, 1.807) is 0 Å². The molecule has 3 aliphatic carbocycles. The molecule has 176 valence electrons. The van der Waals surface area contributed by atoms with E-state index in [0.717, 1.165) is 30.7 Å². The van der Waals surface area contributed by atoms with E-state index in [-0.39, 0.29) is 12.0 Å². The van der Waals surface area contributed by atoms with Crippen LogP contribution in [0.15, 0.2) is 48.5 Å². The van der Waals surface area contributed by atoms with Crippen LogP contribution in [0.1, 0.15) is 70.6 Å². The highest BCUT2D eigenvalue weighted by molar-refractivity contribution is 5.71. The van der Waals surface area contributed by atoms with E-state index in [1.807, 2.05) is 0 Å². The van der Waals surface area contributed by atoms with Gasteiger partial charge in [0.15, 0.2) is 0 Å². The van der Waals surface area contributed by atoms with Crippen molar-refractivity contribution in [3.63, 3.8) is 0 Å². The molecular formula is C29H37NO3. The van der Waals surface area contributed by atoms with Crippen LogP contribution in [-0.4, -0.2) is 30.3 Å². The van der Waals surface area contributed by atoms with E-state index < -0.39 is 5.97 Å². The molecule has 33 heavy (non-hydrogen) atoms. The van der Waals surface area contributed by atoms with Crippen LogP contribution in [0.25, 0.3) is 11.1 Å². The van der Waals surface area contributed by atoms with Crippen molar-refractivity contribution in [2.75, 3.05) is 11.9 Å². The molecule has 1 spiro atoms. The van der Waals surface area contributed by atoms with Gasteiger partial charge in [0, 0.05) is 18.8 Å². The number of ether oxygens (including phenoxy) is 1. The molecule has 4 nitrogen and oxygen atoms in total. The van der Waals surface area contributed by atoms with Gasteiger partial charge < -0.3 is 14.7 Å². The fourth-order valence-corrected chi connectivity index (χ4v) is 6.51. The van der Waals surface area contributed by atoms with Crippen LogP contribution in [0.3, 0.4) is 0 Å². The number of hydrogen-bond donors (Lipinski definition) is 1. The lowest BCUT2D eigenvalue weighted by Crippen LogP contribution is -2.30. The van der Waals surface area contributed by atoms with E-state index in [1.165, 1.54) is 62.5 Å². The number of hydrogen-bond acceptors (Lipinski definition) is 3. The first-order chi connectivity index (χ1) is 16.0. The first-order valence-corrected chi connectivity index (χ1v) is 12.8. The fourth-order valence-electron chi connectivity index (χ4n) is 6.51. The number of carboxylic acids is 1. The second-order valence-corrected chi connectivity index (χ2v) is 10.7. The monoisotopic (exact) mass is 447 g/mol. The summed E-state index contributed by atoms with van der Waals surface area (Å²) in [7, 11) is 2.09. The van der Waals surface area contributed by atoms with Crippen LogP contribution in [0.2, 0.25) is 0 Å². The second-order valence-electron chi connectivity index (χ2n) is 10.7. The lowest BCUT2D eigenvalue weighted by molar-refractivity contribution is -0.141. The summed E-state index contributed by atoms with van der Waals surface area (Å²) < 4.78 is 6.35. The molecule has 2 atom stereocenters. The third-order valence-electron chi connectivity index (χ3n) is 8.70. The Bertz CT molecular complexity index is 953. The maximum absolute atomic E-state index is 11.3. The quantitative estimate of drug-likeness (QED) is 0.522. The first kappa shape index (κ1) is 22.3. The SMILES string of the molecule is CN(c1cccc(-c2ccc(OC3CCC4(CCCC4)CC3)cc2)c1)C1CCC(C(=O)O)C1. The van der Waals surface area contributed by atoms with Gasteiger partial charge in [-0.15, -0.1) is 0 Å². The topological polar surface area (TPSA) is 49.8 Å². The maximum Gasteiger partial charge on any atom is 0.306 e. The summed E-state index contributed by atoms with van der Waals surface area (Å²) in [6.07, 6.45) is 13.6. The van der Waals surface area contributed by atoms with Crippen molar-refractivity contribution < 1.29 is 14.6 Å². The Balaban J connectivity index is 1.20. The Hall–Kier alpha value is -2.49. The number of carbonyl (C=O) groups is 1. The molecule has 5 rings (SSSR count). The van der Waals surface area contributed by atoms with Gasteiger partial charge in [-0.05, 0) is 98.6 Å². The van der Waals surface area contributed by atoms with Gasteiger partial charge in [0.2, 0.25) is 0 Å². The maximum atomic E-state index is 11.3. The molecule has 0 heterocycles. The number of carboxylic acid groups (broad SMARTS) is 1. The molecule has 0 saturated heterocycles. The summed E-state index contributed by atoms with van der Waals surface area (Å²) in [6.45, 7) is 0. The molecule has 0 aromatic heterocycles. The molecule has 1 N–H and O–H groups in total. The molecule has 0 amide bonds. The molecule has 3 aliphatic rings. The predicted molar refractivity (Wildman–Crippen MR) is 133 cm³/mol. The lowest BCUT2D eigenvalue weighted by Gasteiger charge is -2.37. The van der Waals surface area contributed by atoms with Crippen molar-refractivity contribution in [2.45, 2.75) is 82.8 Å². The molecule has 3 saturated carbocycles. The normalized spacial score (nSPS) is 24.8. The Morgan fingerprint density at radius 1 is 0.939 bits per heavy atom. The zero-order valence-corrected chi connectivity index (χ0v) is 19.8. The summed E-state index contributed by atoms with van der Waals surface area (Å²) >= 11 is 0.